The van der Waals surface area contributed by atoms with Crippen LogP contribution in [0.1, 0.15) is 12.6 Å². The third kappa shape index (κ3) is 3.14. The molecule has 88 valence electrons. The molecule has 1 aliphatic rings. The van der Waals surface area contributed by atoms with Gasteiger partial charge in [0.2, 0.25) is 0 Å². The lowest BCUT2D eigenvalue weighted by Gasteiger charge is -2.33. The van der Waals surface area contributed by atoms with Crippen molar-refractivity contribution in [2.24, 2.45) is 0 Å². The summed E-state index contributed by atoms with van der Waals surface area (Å²) in [7, 11) is 0. The van der Waals surface area contributed by atoms with Gasteiger partial charge in [0.15, 0.2) is 0 Å². The maximum absolute atomic E-state index is 5.70. The molecule has 0 N–H and O–H groups in total. The normalized spacial score (nSPS) is 18.9. The molecule has 2 rings (SSSR count). The molecule has 0 radical (unpaired) electrons. The van der Waals surface area contributed by atoms with Crippen LogP contribution in [0.4, 0.5) is 0 Å². The maximum Gasteiger partial charge on any atom is 0.147 e. The van der Waals surface area contributed by atoms with Crippen LogP contribution in [-0.4, -0.2) is 52.5 Å². The second-order valence-corrected chi connectivity index (χ2v) is 4.43. The van der Waals surface area contributed by atoms with Gasteiger partial charge >= 0.3 is 0 Å². The minimum atomic E-state index is 0.458. The zero-order valence-electron chi connectivity index (χ0n) is 9.56. The summed E-state index contributed by atoms with van der Waals surface area (Å²) in [5, 5.41) is 0.458. The van der Waals surface area contributed by atoms with E-state index in [1.165, 1.54) is 0 Å². The highest BCUT2D eigenvalue weighted by Gasteiger charge is 2.15. The highest BCUT2D eigenvalue weighted by atomic mass is 35.5. The van der Waals surface area contributed by atoms with Crippen molar-refractivity contribution < 1.29 is 0 Å². The Kier molecular flexibility index (Phi) is 4.09. The van der Waals surface area contributed by atoms with Crippen molar-refractivity contribution in [3.8, 4) is 0 Å². The average molecular weight is 241 g/mol. The number of aromatic nitrogens is 2. The van der Waals surface area contributed by atoms with Gasteiger partial charge < -0.3 is 4.90 Å². The van der Waals surface area contributed by atoms with Crippen LogP contribution in [0, 0.1) is 0 Å². The van der Waals surface area contributed by atoms with Crippen molar-refractivity contribution in [3.05, 3.63) is 23.2 Å². The predicted molar refractivity (Wildman–Crippen MR) is 64.4 cm³/mol. The summed E-state index contributed by atoms with van der Waals surface area (Å²) in [5.41, 5.74) is 0.995. The van der Waals surface area contributed by atoms with E-state index in [1.54, 1.807) is 12.4 Å². The van der Waals surface area contributed by atoms with Crippen molar-refractivity contribution >= 4 is 11.6 Å². The summed E-state index contributed by atoms with van der Waals surface area (Å²) in [5.74, 6) is 0. The van der Waals surface area contributed by atoms with Gasteiger partial charge in [0.05, 0.1) is 18.1 Å². The van der Waals surface area contributed by atoms with Gasteiger partial charge in [-0.3, -0.25) is 9.88 Å². The Labute approximate surface area is 101 Å². The second-order valence-electron chi connectivity index (χ2n) is 4.04. The maximum atomic E-state index is 5.70. The lowest BCUT2D eigenvalue weighted by atomic mass is 10.3. The third-order valence-corrected chi connectivity index (χ3v) is 3.17. The topological polar surface area (TPSA) is 32.3 Å². The molecule has 5 heteroatoms. The largest absolute Gasteiger partial charge is 0.301 e. The zero-order chi connectivity index (χ0) is 11.4. The van der Waals surface area contributed by atoms with Gasteiger partial charge in [-0.2, -0.15) is 0 Å². The van der Waals surface area contributed by atoms with Crippen LogP contribution in [0.5, 0.6) is 0 Å². The molecule has 0 atom stereocenters. The van der Waals surface area contributed by atoms with E-state index in [-0.39, 0.29) is 0 Å². The van der Waals surface area contributed by atoms with Crippen molar-refractivity contribution in [3.63, 3.8) is 0 Å². The number of nitrogens with zero attached hydrogens (tertiary/aromatic N) is 4. The van der Waals surface area contributed by atoms with Gasteiger partial charge in [-0.25, -0.2) is 4.98 Å². The molecule has 0 unspecified atom stereocenters. The number of likely N-dealkylation sites (N-methyl/N-ethyl adjacent to an activating group) is 1. The Morgan fingerprint density at radius 3 is 2.38 bits per heavy atom. The molecule has 0 bridgehead atoms. The van der Waals surface area contributed by atoms with Gasteiger partial charge in [-0.15, -0.1) is 0 Å². The number of piperazine rings is 1. The fraction of sp³-hybridized carbons (Fsp3) is 0.636. The smallest absolute Gasteiger partial charge is 0.147 e. The first kappa shape index (κ1) is 11.8. The molecule has 1 aromatic rings. The van der Waals surface area contributed by atoms with Crippen molar-refractivity contribution in [1.29, 1.82) is 0 Å². The van der Waals surface area contributed by atoms with Crippen LogP contribution in [0.3, 0.4) is 0 Å². The van der Waals surface area contributed by atoms with Gasteiger partial charge in [0.1, 0.15) is 5.15 Å². The average Bonchev–Trinajstić information content (AvgIpc) is 2.33. The summed E-state index contributed by atoms with van der Waals surface area (Å²) in [6.07, 6.45) is 3.37. The van der Waals surface area contributed by atoms with E-state index >= 15 is 0 Å². The Bertz CT molecular complexity index is 319. The summed E-state index contributed by atoms with van der Waals surface area (Å²) in [6.45, 7) is 8.75. The van der Waals surface area contributed by atoms with E-state index in [2.05, 4.69) is 26.7 Å². The van der Waals surface area contributed by atoms with Crippen molar-refractivity contribution in [2.75, 3.05) is 32.7 Å². The first-order valence-corrected chi connectivity index (χ1v) is 6.07. The van der Waals surface area contributed by atoms with Gasteiger partial charge in [0.25, 0.3) is 0 Å². The molecule has 0 aromatic carbocycles. The molecule has 0 spiro atoms. The summed E-state index contributed by atoms with van der Waals surface area (Å²) >= 11 is 5.70. The Balaban J connectivity index is 1.84. The summed E-state index contributed by atoms with van der Waals surface area (Å²) in [4.78, 5) is 13.2. The van der Waals surface area contributed by atoms with E-state index in [1.807, 2.05) is 0 Å². The lowest BCUT2D eigenvalue weighted by Crippen LogP contribution is -2.45. The number of hydrogen-bond donors (Lipinski definition) is 0. The molecular formula is C11H17ClN4. The lowest BCUT2D eigenvalue weighted by molar-refractivity contribution is 0.130. The van der Waals surface area contributed by atoms with Crippen molar-refractivity contribution in [1.82, 2.24) is 19.8 Å². The van der Waals surface area contributed by atoms with E-state index in [4.69, 9.17) is 11.6 Å². The van der Waals surface area contributed by atoms with E-state index in [0.717, 1.165) is 45.0 Å². The molecule has 1 fully saturated rings. The van der Waals surface area contributed by atoms with E-state index in [9.17, 15) is 0 Å². The molecule has 1 saturated heterocycles. The van der Waals surface area contributed by atoms with Crippen LogP contribution < -0.4 is 0 Å². The van der Waals surface area contributed by atoms with E-state index < -0.39 is 0 Å². The SMILES string of the molecule is CCN1CCN(Cc2cnc(Cl)cn2)CC1. The standard InChI is InChI=1S/C11H17ClN4/c1-2-15-3-5-16(6-4-15)9-10-7-14-11(12)8-13-10/h7-8H,2-6,9H2,1H3. The van der Waals surface area contributed by atoms with E-state index in [0.29, 0.717) is 5.15 Å². The molecule has 4 nitrogen and oxygen atoms in total. The first-order valence-electron chi connectivity index (χ1n) is 5.69. The minimum absolute atomic E-state index is 0.458. The van der Waals surface area contributed by atoms with Gasteiger partial charge in [0, 0.05) is 32.7 Å². The molecule has 0 amide bonds. The quantitative estimate of drug-likeness (QED) is 0.797. The zero-order valence-corrected chi connectivity index (χ0v) is 10.3. The molecule has 0 saturated carbocycles. The highest BCUT2D eigenvalue weighted by Crippen LogP contribution is 2.07. The molecule has 1 aliphatic heterocycles. The Morgan fingerprint density at radius 2 is 1.81 bits per heavy atom. The fourth-order valence-electron chi connectivity index (χ4n) is 1.91. The second kappa shape index (κ2) is 5.57. The van der Waals surface area contributed by atoms with Crippen LogP contribution in [0.25, 0.3) is 0 Å². The third-order valence-electron chi connectivity index (χ3n) is 2.97. The molecule has 16 heavy (non-hydrogen) atoms. The Hall–Kier alpha value is -0.710. The van der Waals surface area contributed by atoms with Crippen LogP contribution >= 0.6 is 11.6 Å². The van der Waals surface area contributed by atoms with Crippen molar-refractivity contribution in [2.45, 2.75) is 13.5 Å². The van der Waals surface area contributed by atoms with Gasteiger partial charge in [-0.05, 0) is 6.54 Å². The monoisotopic (exact) mass is 240 g/mol. The number of rotatable bonds is 3. The minimum Gasteiger partial charge on any atom is -0.301 e. The van der Waals surface area contributed by atoms with Crippen LogP contribution in [0.15, 0.2) is 12.4 Å². The number of halogens is 1. The molecule has 2 heterocycles. The predicted octanol–water partition coefficient (Wildman–Crippen LogP) is 1.27. The Morgan fingerprint density at radius 1 is 1.12 bits per heavy atom. The molecular weight excluding hydrogens is 224 g/mol. The van der Waals surface area contributed by atoms with Crippen LogP contribution in [0.2, 0.25) is 5.15 Å². The van der Waals surface area contributed by atoms with Crippen LogP contribution in [-0.2, 0) is 6.54 Å². The fourth-order valence-corrected chi connectivity index (χ4v) is 2.01. The molecule has 1 aromatic heterocycles. The molecule has 0 aliphatic carbocycles. The summed E-state index contributed by atoms with van der Waals surface area (Å²) in [6, 6.07) is 0. The summed E-state index contributed by atoms with van der Waals surface area (Å²) < 4.78 is 0. The first-order chi connectivity index (χ1) is 7.78. The highest BCUT2D eigenvalue weighted by molar-refractivity contribution is 6.29. The number of hydrogen-bond acceptors (Lipinski definition) is 4. The van der Waals surface area contributed by atoms with Gasteiger partial charge in [-0.1, -0.05) is 18.5 Å².